The standard InChI is InChI=1S/C12H18FN3O4S/c1-2-3-5-9(8-14)15-21(19,20)12-10(13)6-4-7-11(12)16(17)18/h4,6-7,9,15H,2-3,5,8,14H2,1H3. The Kier molecular flexibility index (Phi) is 6.19. The van der Waals surface area contributed by atoms with E-state index in [9.17, 15) is 22.9 Å². The molecule has 3 N–H and O–H groups in total. The van der Waals surface area contributed by atoms with E-state index in [1.165, 1.54) is 0 Å². The molecule has 0 saturated heterocycles. The molecule has 0 heterocycles. The van der Waals surface area contributed by atoms with Gasteiger partial charge in [0.1, 0.15) is 5.82 Å². The van der Waals surface area contributed by atoms with E-state index in [1.54, 1.807) is 0 Å². The lowest BCUT2D eigenvalue weighted by molar-refractivity contribution is -0.388. The lowest BCUT2D eigenvalue weighted by Gasteiger charge is -2.16. The number of rotatable bonds is 8. The molecular formula is C12H18FN3O4S. The van der Waals surface area contributed by atoms with Crippen LogP contribution in [0.25, 0.3) is 0 Å². The van der Waals surface area contributed by atoms with Crippen molar-refractivity contribution in [1.29, 1.82) is 0 Å². The van der Waals surface area contributed by atoms with Crippen LogP contribution in [0.15, 0.2) is 23.1 Å². The van der Waals surface area contributed by atoms with Crippen LogP contribution in [0.5, 0.6) is 0 Å². The Bertz CT molecular complexity index is 607. The van der Waals surface area contributed by atoms with E-state index in [4.69, 9.17) is 5.73 Å². The molecule has 1 aromatic rings. The SMILES string of the molecule is CCCCC(CN)NS(=O)(=O)c1c(F)cccc1[N+](=O)[O-]. The molecule has 0 radical (unpaired) electrons. The van der Waals surface area contributed by atoms with E-state index in [0.29, 0.717) is 6.42 Å². The topological polar surface area (TPSA) is 115 Å². The van der Waals surface area contributed by atoms with Crippen molar-refractivity contribution >= 4 is 15.7 Å². The molecule has 0 bridgehead atoms. The second-order valence-corrected chi connectivity index (χ2v) is 6.19. The van der Waals surface area contributed by atoms with Crippen LogP contribution < -0.4 is 10.5 Å². The molecule has 1 unspecified atom stereocenters. The number of nitro benzene ring substituents is 1. The molecule has 118 valence electrons. The second-order valence-electron chi connectivity index (χ2n) is 4.54. The summed E-state index contributed by atoms with van der Waals surface area (Å²) in [4.78, 5) is 8.99. The van der Waals surface area contributed by atoms with Gasteiger partial charge >= 0.3 is 0 Å². The molecule has 0 amide bonds. The molecule has 0 aliphatic rings. The summed E-state index contributed by atoms with van der Waals surface area (Å²) in [7, 11) is -4.36. The quantitative estimate of drug-likeness (QED) is 0.557. The number of hydrogen-bond acceptors (Lipinski definition) is 5. The number of halogens is 1. The molecule has 9 heteroatoms. The van der Waals surface area contributed by atoms with Crippen LogP contribution in [-0.4, -0.2) is 25.9 Å². The first-order chi connectivity index (χ1) is 9.83. The van der Waals surface area contributed by atoms with Gasteiger partial charge in [-0.05, 0) is 12.5 Å². The molecule has 1 rings (SSSR count). The third-order valence-corrected chi connectivity index (χ3v) is 4.51. The monoisotopic (exact) mass is 319 g/mol. The number of sulfonamides is 1. The summed E-state index contributed by atoms with van der Waals surface area (Å²) in [6.07, 6.45) is 2.07. The van der Waals surface area contributed by atoms with Gasteiger partial charge in [0, 0.05) is 18.7 Å². The Morgan fingerprint density at radius 1 is 1.48 bits per heavy atom. The highest BCUT2D eigenvalue weighted by Crippen LogP contribution is 2.26. The minimum atomic E-state index is -4.36. The van der Waals surface area contributed by atoms with Crippen LogP contribution in [0, 0.1) is 15.9 Å². The van der Waals surface area contributed by atoms with E-state index < -0.39 is 37.4 Å². The van der Waals surface area contributed by atoms with Gasteiger partial charge in [0.2, 0.25) is 0 Å². The molecule has 0 aromatic heterocycles. The fraction of sp³-hybridized carbons (Fsp3) is 0.500. The summed E-state index contributed by atoms with van der Waals surface area (Å²) in [5.41, 5.74) is 4.68. The van der Waals surface area contributed by atoms with Crippen molar-refractivity contribution in [2.75, 3.05) is 6.54 Å². The van der Waals surface area contributed by atoms with Crippen molar-refractivity contribution in [3.05, 3.63) is 34.1 Å². The maximum Gasteiger partial charge on any atom is 0.292 e. The van der Waals surface area contributed by atoms with Gasteiger partial charge < -0.3 is 5.73 Å². The zero-order chi connectivity index (χ0) is 16.0. The molecule has 0 fully saturated rings. The first kappa shape index (κ1) is 17.5. The summed E-state index contributed by atoms with van der Waals surface area (Å²) in [5.74, 6) is -1.16. The second kappa shape index (κ2) is 7.43. The Morgan fingerprint density at radius 3 is 2.67 bits per heavy atom. The molecule has 1 aromatic carbocycles. The predicted molar refractivity (Wildman–Crippen MR) is 75.7 cm³/mol. The minimum Gasteiger partial charge on any atom is -0.329 e. The Morgan fingerprint density at radius 2 is 2.14 bits per heavy atom. The van der Waals surface area contributed by atoms with Crippen LogP contribution in [-0.2, 0) is 10.0 Å². The lowest BCUT2D eigenvalue weighted by atomic mass is 10.1. The Labute approximate surface area is 122 Å². The molecule has 0 saturated carbocycles. The highest BCUT2D eigenvalue weighted by Gasteiger charge is 2.31. The number of nitrogens with zero attached hydrogens (tertiary/aromatic N) is 1. The van der Waals surface area contributed by atoms with Crippen molar-refractivity contribution < 1.29 is 17.7 Å². The number of benzene rings is 1. The van der Waals surface area contributed by atoms with Gasteiger partial charge in [-0.15, -0.1) is 0 Å². The molecular weight excluding hydrogens is 301 g/mol. The van der Waals surface area contributed by atoms with Crippen molar-refractivity contribution in [1.82, 2.24) is 4.72 Å². The summed E-state index contributed by atoms with van der Waals surface area (Å²) < 4.78 is 40.4. The van der Waals surface area contributed by atoms with Gasteiger partial charge in [-0.25, -0.2) is 17.5 Å². The van der Waals surface area contributed by atoms with Crippen LogP contribution in [0.1, 0.15) is 26.2 Å². The maximum absolute atomic E-state index is 13.8. The normalized spacial score (nSPS) is 13.1. The van der Waals surface area contributed by atoms with E-state index in [0.717, 1.165) is 31.0 Å². The third kappa shape index (κ3) is 4.45. The summed E-state index contributed by atoms with van der Waals surface area (Å²) >= 11 is 0. The van der Waals surface area contributed by atoms with E-state index >= 15 is 0 Å². The van der Waals surface area contributed by atoms with Crippen LogP contribution in [0.2, 0.25) is 0 Å². The molecule has 0 spiro atoms. The molecule has 0 aliphatic heterocycles. The third-order valence-electron chi connectivity index (χ3n) is 2.92. The molecule has 0 aliphatic carbocycles. The average Bonchev–Trinajstić information content (AvgIpc) is 2.42. The van der Waals surface area contributed by atoms with Gasteiger partial charge in [0.15, 0.2) is 4.90 Å². The van der Waals surface area contributed by atoms with Crippen molar-refractivity contribution in [3.8, 4) is 0 Å². The lowest BCUT2D eigenvalue weighted by Crippen LogP contribution is -2.40. The van der Waals surface area contributed by atoms with Gasteiger partial charge in [-0.2, -0.15) is 0 Å². The number of nitrogens with two attached hydrogens (primary N) is 1. The highest BCUT2D eigenvalue weighted by molar-refractivity contribution is 7.89. The fourth-order valence-corrected chi connectivity index (χ4v) is 3.37. The van der Waals surface area contributed by atoms with E-state index in [2.05, 4.69) is 4.72 Å². The molecule has 7 nitrogen and oxygen atoms in total. The van der Waals surface area contributed by atoms with Crippen molar-refractivity contribution in [3.63, 3.8) is 0 Å². The fourth-order valence-electron chi connectivity index (χ4n) is 1.86. The van der Waals surface area contributed by atoms with Gasteiger partial charge in [-0.3, -0.25) is 10.1 Å². The molecule has 21 heavy (non-hydrogen) atoms. The average molecular weight is 319 g/mol. The minimum absolute atomic E-state index is 0.0292. The van der Waals surface area contributed by atoms with Gasteiger partial charge in [0.25, 0.3) is 15.7 Å². The Hall–Kier alpha value is -1.58. The largest absolute Gasteiger partial charge is 0.329 e. The van der Waals surface area contributed by atoms with Crippen molar-refractivity contribution in [2.45, 2.75) is 37.1 Å². The Balaban J connectivity index is 3.16. The van der Waals surface area contributed by atoms with E-state index in [-0.39, 0.29) is 6.54 Å². The number of nitrogens with one attached hydrogen (secondary N) is 1. The zero-order valence-electron chi connectivity index (χ0n) is 11.6. The number of nitro groups is 1. The zero-order valence-corrected chi connectivity index (χ0v) is 12.4. The highest BCUT2D eigenvalue weighted by atomic mass is 32.2. The predicted octanol–water partition coefficient (Wildman–Crippen LogP) is 1.53. The van der Waals surface area contributed by atoms with Crippen LogP contribution >= 0.6 is 0 Å². The first-order valence-corrected chi connectivity index (χ1v) is 7.97. The maximum atomic E-state index is 13.8. The molecule has 1 atom stereocenters. The summed E-state index contributed by atoms with van der Waals surface area (Å²) in [6.45, 7) is 1.96. The van der Waals surface area contributed by atoms with Gasteiger partial charge in [-0.1, -0.05) is 25.8 Å². The van der Waals surface area contributed by atoms with Crippen molar-refractivity contribution in [2.24, 2.45) is 5.73 Å². The summed E-state index contributed by atoms with van der Waals surface area (Å²) in [5, 5.41) is 10.9. The first-order valence-electron chi connectivity index (χ1n) is 6.48. The summed E-state index contributed by atoms with van der Waals surface area (Å²) in [6, 6.07) is 2.31. The smallest absolute Gasteiger partial charge is 0.292 e. The van der Waals surface area contributed by atoms with Gasteiger partial charge in [0.05, 0.1) is 4.92 Å². The van der Waals surface area contributed by atoms with E-state index in [1.807, 2.05) is 6.92 Å². The van der Waals surface area contributed by atoms with Crippen LogP contribution in [0.3, 0.4) is 0 Å². The number of unbranched alkanes of at least 4 members (excludes halogenated alkanes) is 1. The van der Waals surface area contributed by atoms with Crippen LogP contribution in [0.4, 0.5) is 10.1 Å². The number of hydrogen-bond donors (Lipinski definition) is 2.